The van der Waals surface area contributed by atoms with Gasteiger partial charge in [0, 0.05) is 15.8 Å². The van der Waals surface area contributed by atoms with Gasteiger partial charge in [0.2, 0.25) is 0 Å². The van der Waals surface area contributed by atoms with E-state index < -0.39 is 0 Å². The smallest absolute Gasteiger partial charge is 0.163 e. The highest BCUT2D eigenvalue weighted by Crippen LogP contribution is 2.35. The molecule has 0 aliphatic heterocycles. The molecule has 0 N–H and O–H groups in total. The van der Waals surface area contributed by atoms with Crippen LogP contribution in [0.2, 0.25) is 5.02 Å². The number of ketones is 1. The van der Waals surface area contributed by atoms with Gasteiger partial charge < -0.3 is 4.74 Å². The minimum atomic E-state index is -0.0406. The molecule has 0 aliphatic carbocycles. The maximum atomic E-state index is 11.6. The molecule has 2 aromatic rings. The number of benzene rings is 2. The molecule has 0 aliphatic rings. The highest BCUT2D eigenvalue weighted by Gasteiger charge is 2.14. The van der Waals surface area contributed by atoms with Gasteiger partial charge in [-0.3, -0.25) is 4.79 Å². The summed E-state index contributed by atoms with van der Waals surface area (Å²) < 4.78 is 5.59. The summed E-state index contributed by atoms with van der Waals surface area (Å²) in [6, 6.07) is 9.34. The number of hydrogen-bond donors (Lipinski definition) is 0. The average molecular weight is 249 g/mol. The Labute approximate surface area is 105 Å². The van der Waals surface area contributed by atoms with Crippen molar-refractivity contribution in [2.24, 2.45) is 0 Å². The van der Waals surface area contributed by atoms with Gasteiger partial charge in [-0.1, -0.05) is 35.9 Å². The standard InChI is InChI=1S/C14H13ClO2/c1-3-17-14-11-7-5-4-6-10(11)13(15)8-12(14)9(2)16/h4-8H,3H2,1-2H3. The molecule has 0 saturated carbocycles. The number of ether oxygens (including phenoxy) is 1. The number of Topliss-reactive ketones (excluding diaryl/α,β-unsaturated/α-hetero) is 1. The lowest BCUT2D eigenvalue weighted by molar-refractivity contribution is 0.101. The van der Waals surface area contributed by atoms with Crippen LogP contribution < -0.4 is 4.74 Å². The molecule has 0 heterocycles. The number of hydrogen-bond acceptors (Lipinski definition) is 2. The van der Waals surface area contributed by atoms with Crippen molar-refractivity contribution in [2.75, 3.05) is 6.61 Å². The van der Waals surface area contributed by atoms with E-state index in [2.05, 4.69) is 0 Å². The summed E-state index contributed by atoms with van der Waals surface area (Å²) in [4.78, 5) is 11.6. The second-order valence-corrected chi connectivity index (χ2v) is 4.18. The Hall–Kier alpha value is -1.54. The van der Waals surface area contributed by atoms with Crippen molar-refractivity contribution >= 4 is 28.2 Å². The average Bonchev–Trinajstić information content (AvgIpc) is 2.32. The maximum absolute atomic E-state index is 11.6. The maximum Gasteiger partial charge on any atom is 0.163 e. The van der Waals surface area contributed by atoms with Gasteiger partial charge in [0.15, 0.2) is 5.78 Å². The first-order valence-corrected chi connectivity index (χ1v) is 5.88. The lowest BCUT2D eigenvalue weighted by atomic mass is 10.0. The number of carbonyl (C=O) groups is 1. The summed E-state index contributed by atoms with van der Waals surface area (Å²) in [6.07, 6.45) is 0. The quantitative estimate of drug-likeness (QED) is 0.765. The summed E-state index contributed by atoms with van der Waals surface area (Å²) in [5.74, 6) is 0.584. The Bertz CT molecular complexity index is 576. The molecule has 0 bridgehead atoms. The highest BCUT2D eigenvalue weighted by atomic mass is 35.5. The van der Waals surface area contributed by atoms with Gasteiger partial charge in [-0.05, 0) is 19.9 Å². The fourth-order valence-electron chi connectivity index (χ4n) is 1.87. The summed E-state index contributed by atoms with van der Waals surface area (Å²) in [7, 11) is 0. The van der Waals surface area contributed by atoms with Gasteiger partial charge in [-0.2, -0.15) is 0 Å². The molecule has 0 fully saturated rings. The zero-order valence-corrected chi connectivity index (χ0v) is 10.5. The number of fused-ring (bicyclic) bond motifs is 1. The van der Waals surface area contributed by atoms with Crippen LogP contribution in [0, 0.1) is 0 Å². The van der Waals surface area contributed by atoms with E-state index in [9.17, 15) is 4.79 Å². The monoisotopic (exact) mass is 248 g/mol. The third-order valence-corrected chi connectivity index (χ3v) is 2.93. The molecule has 0 radical (unpaired) electrons. The molecule has 0 unspecified atom stereocenters. The molecule has 3 heteroatoms. The van der Waals surface area contributed by atoms with E-state index >= 15 is 0 Å². The fourth-order valence-corrected chi connectivity index (χ4v) is 2.14. The summed E-state index contributed by atoms with van der Waals surface area (Å²) in [6.45, 7) is 3.93. The van der Waals surface area contributed by atoms with Crippen molar-refractivity contribution in [2.45, 2.75) is 13.8 Å². The topological polar surface area (TPSA) is 26.3 Å². The summed E-state index contributed by atoms with van der Waals surface area (Å²) >= 11 is 6.17. The fraction of sp³-hybridized carbons (Fsp3) is 0.214. The summed E-state index contributed by atoms with van der Waals surface area (Å²) in [5.41, 5.74) is 0.538. The molecule has 17 heavy (non-hydrogen) atoms. The first-order valence-electron chi connectivity index (χ1n) is 5.50. The molecule has 2 nitrogen and oxygen atoms in total. The molecule has 2 aromatic carbocycles. The van der Waals surface area contributed by atoms with Crippen molar-refractivity contribution in [3.05, 3.63) is 40.9 Å². The van der Waals surface area contributed by atoms with Crippen LogP contribution in [0.4, 0.5) is 0 Å². The molecular weight excluding hydrogens is 236 g/mol. The molecule has 0 spiro atoms. The van der Waals surface area contributed by atoms with E-state index in [0.717, 1.165) is 10.8 Å². The number of carbonyl (C=O) groups excluding carboxylic acids is 1. The molecule has 0 atom stereocenters. The normalized spacial score (nSPS) is 10.5. The van der Waals surface area contributed by atoms with Crippen LogP contribution in [0.3, 0.4) is 0 Å². The van der Waals surface area contributed by atoms with Crippen LogP contribution in [0.5, 0.6) is 5.75 Å². The highest BCUT2D eigenvalue weighted by molar-refractivity contribution is 6.36. The van der Waals surface area contributed by atoms with Gasteiger partial charge >= 0.3 is 0 Å². The first-order chi connectivity index (χ1) is 8.15. The molecule has 88 valence electrons. The van der Waals surface area contributed by atoms with Crippen molar-refractivity contribution in [3.8, 4) is 5.75 Å². The number of halogens is 1. The van der Waals surface area contributed by atoms with Crippen molar-refractivity contribution in [3.63, 3.8) is 0 Å². The van der Waals surface area contributed by atoms with E-state index in [4.69, 9.17) is 16.3 Å². The zero-order chi connectivity index (χ0) is 12.4. The predicted octanol–water partition coefficient (Wildman–Crippen LogP) is 4.09. The van der Waals surface area contributed by atoms with Gasteiger partial charge in [-0.25, -0.2) is 0 Å². The van der Waals surface area contributed by atoms with E-state index in [1.165, 1.54) is 6.92 Å². The predicted molar refractivity (Wildman–Crippen MR) is 70.1 cm³/mol. The lowest BCUT2D eigenvalue weighted by Gasteiger charge is -2.12. The Kier molecular flexibility index (Phi) is 3.34. The van der Waals surface area contributed by atoms with Crippen molar-refractivity contribution in [1.82, 2.24) is 0 Å². The van der Waals surface area contributed by atoms with E-state index in [1.54, 1.807) is 6.07 Å². The van der Waals surface area contributed by atoms with Crippen LogP contribution in [0.25, 0.3) is 10.8 Å². The van der Waals surface area contributed by atoms with Crippen molar-refractivity contribution < 1.29 is 9.53 Å². The zero-order valence-electron chi connectivity index (χ0n) is 9.79. The molecule has 2 rings (SSSR count). The van der Waals surface area contributed by atoms with Crippen LogP contribution >= 0.6 is 11.6 Å². The largest absolute Gasteiger partial charge is 0.492 e. The van der Waals surface area contributed by atoms with E-state index in [1.807, 2.05) is 31.2 Å². The Balaban J connectivity index is 2.82. The van der Waals surface area contributed by atoms with Crippen LogP contribution in [0.1, 0.15) is 24.2 Å². The molecular formula is C14H13ClO2. The second-order valence-electron chi connectivity index (χ2n) is 3.77. The van der Waals surface area contributed by atoms with Gasteiger partial charge in [-0.15, -0.1) is 0 Å². The van der Waals surface area contributed by atoms with Gasteiger partial charge in [0.1, 0.15) is 5.75 Å². The van der Waals surface area contributed by atoms with Crippen LogP contribution in [0.15, 0.2) is 30.3 Å². The van der Waals surface area contributed by atoms with E-state index in [-0.39, 0.29) is 5.78 Å². The Morgan fingerprint density at radius 2 is 1.94 bits per heavy atom. The molecule has 0 amide bonds. The van der Waals surface area contributed by atoms with Crippen molar-refractivity contribution in [1.29, 1.82) is 0 Å². The third-order valence-electron chi connectivity index (χ3n) is 2.61. The molecule has 0 aromatic heterocycles. The Morgan fingerprint density at radius 1 is 1.29 bits per heavy atom. The number of rotatable bonds is 3. The third kappa shape index (κ3) is 2.13. The van der Waals surface area contributed by atoms with E-state index in [0.29, 0.717) is 22.9 Å². The van der Waals surface area contributed by atoms with Gasteiger partial charge in [0.05, 0.1) is 12.2 Å². The van der Waals surface area contributed by atoms with Crippen LogP contribution in [-0.4, -0.2) is 12.4 Å². The SMILES string of the molecule is CCOc1c(C(C)=O)cc(Cl)c2ccccc12. The lowest BCUT2D eigenvalue weighted by Crippen LogP contribution is -2.01. The molecule has 0 saturated heterocycles. The Morgan fingerprint density at radius 3 is 2.53 bits per heavy atom. The summed E-state index contributed by atoms with van der Waals surface area (Å²) in [5, 5.41) is 2.36. The minimum Gasteiger partial charge on any atom is -0.492 e. The minimum absolute atomic E-state index is 0.0406. The first kappa shape index (κ1) is 11.9. The van der Waals surface area contributed by atoms with Crippen LogP contribution in [-0.2, 0) is 0 Å². The van der Waals surface area contributed by atoms with Gasteiger partial charge in [0.25, 0.3) is 0 Å². The second kappa shape index (κ2) is 4.76.